The Morgan fingerprint density at radius 1 is 1.41 bits per heavy atom. The standard InChI is InChI=1S/C14H16N2O/c1-2-11-9-15-8-10-5-6-13-12(14(10)17-11)4-3-7-16-13/h3-7,11,15H,2,8-9H2,1H3/t11-/m1/s1. The van der Waals surface area contributed by atoms with Gasteiger partial charge in [0.2, 0.25) is 0 Å². The average molecular weight is 228 g/mol. The van der Waals surface area contributed by atoms with E-state index in [1.807, 2.05) is 12.3 Å². The molecule has 0 aliphatic carbocycles. The Morgan fingerprint density at radius 2 is 2.35 bits per heavy atom. The van der Waals surface area contributed by atoms with E-state index < -0.39 is 0 Å². The summed E-state index contributed by atoms with van der Waals surface area (Å²) in [6.45, 7) is 3.93. The molecular formula is C14H16N2O. The molecule has 3 nitrogen and oxygen atoms in total. The first-order valence-electron chi connectivity index (χ1n) is 6.12. The van der Waals surface area contributed by atoms with Crippen LogP contribution in [0.25, 0.3) is 10.9 Å². The molecule has 1 aromatic heterocycles. The highest BCUT2D eigenvalue weighted by molar-refractivity contribution is 5.86. The van der Waals surface area contributed by atoms with Crippen molar-refractivity contribution < 1.29 is 4.74 Å². The molecule has 1 atom stereocenters. The number of aromatic nitrogens is 1. The van der Waals surface area contributed by atoms with Gasteiger partial charge in [-0.15, -0.1) is 0 Å². The predicted molar refractivity (Wildman–Crippen MR) is 68.2 cm³/mol. The number of ether oxygens (including phenoxy) is 1. The zero-order valence-electron chi connectivity index (χ0n) is 9.94. The number of pyridine rings is 1. The van der Waals surface area contributed by atoms with E-state index in [1.54, 1.807) is 0 Å². The molecule has 3 heteroatoms. The Hall–Kier alpha value is -1.61. The second-order valence-electron chi connectivity index (χ2n) is 4.40. The summed E-state index contributed by atoms with van der Waals surface area (Å²) >= 11 is 0. The van der Waals surface area contributed by atoms with Gasteiger partial charge in [0.1, 0.15) is 11.9 Å². The first kappa shape index (κ1) is 10.5. The Morgan fingerprint density at radius 3 is 3.24 bits per heavy atom. The molecule has 1 aliphatic heterocycles. The van der Waals surface area contributed by atoms with Gasteiger partial charge in [-0.2, -0.15) is 0 Å². The van der Waals surface area contributed by atoms with Crippen LogP contribution in [0.4, 0.5) is 0 Å². The van der Waals surface area contributed by atoms with E-state index in [2.05, 4.69) is 35.4 Å². The van der Waals surface area contributed by atoms with Crippen molar-refractivity contribution in [3.05, 3.63) is 36.0 Å². The van der Waals surface area contributed by atoms with Crippen molar-refractivity contribution in [1.29, 1.82) is 0 Å². The molecule has 0 fully saturated rings. The van der Waals surface area contributed by atoms with Crippen LogP contribution >= 0.6 is 0 Å². The Balaban J connectivity index is 2.16. The number of rotatable bonds is 1. The fourth-order valence-corrected chi connectivity index (χ4v) is 2.25. The maximum atomic E-state index is 6.12. The number of benzene rings is 1. The first-order valence-corrected chi connectivity index (χ1v) is 6.12. The summed E-state index contributed by atoms with van der Waals surface area (Å²) in [7, 11) is 0. The van der Waals surface area contributed by atoms with Gasteiger partial charge in [0, 0.05) is 30.2 Å². The van der Waals surface area contributed by atoms with Gasteiger partial charge in [-0.1, -0.05) is 13.0 Å². The third-order valence-corrected chi connectivity index (χ3v) is 3.24. The molecule has 0 bridgehead atoms. The highest BCUT2D eigenvalue weighted by Gasteiger charge is 2.18. The zero-order valence-corrected chi connectivity index (χ0v) is 9.94. The van der Waals surface area contributed by atoms with Crippen molar-refractivity contribution in [3.8, 4) is 5.75 Å². The van der Waals surface area contributed by atoms with E-state index in [1.165, 1.54) is 5.56 Å². The van der Waals surface area contributed by atoms with Gasteiger partial charge in [-0.3, -0.25) is 4.98 Å². The molecule has 1 aliphatic rings. The van der Waals surface area contributed by atoms with Crippen LogP contribution in [0.2, 0.25) is 0 Å². The number of fused-ring (bicyclic) bond motifs is 3. The van der Waals surface area contributed by atoms with E-state index in [9.17, 15) is 0 Å². The normalized spacial score (nSPS) is 19.5. The van der Waals surface area contributed by atoms with Crippen molar-refractivity contribution in [2.24, 2.45) is 0 Å². The number of hydrogen-bond acceptors (Lipinski definition) is 3. The molecule has 3 rings (SSSR count). The molecule has 1 N–H and O–H groups in total. The van der Waals surface area contributed by atoms with E-state index >= 15 is 0 Å². The minimum Gasteiger partial charge on any atom is -0.488 e. The van der Waals surface area contributed by atoms with Crippen LogP contribution < -0.4 is 10.1 Å². The largest absolute Gasteiger partial charge is 0.488 e. The number of nitrogens with zero attached hydrogens (tertiary/aromatic N) is 1. The molecule has 1 aromatic carbocycles. The van der Waals surface area contributed by atoms with Crippen molar-refractivity contribution >= 4 is 10.9 Å². The molecule has 0 amide bonds. The fraction of sp³-hybridized carbons (Fsp3) is 0.357. The van der Waals surface area contributed by atoms with Crippen molar-refractivity contribution in [2.75, 3.05) is 6.54 Å². The van der Waals surface area contributed by atoms with Crippen LogP contribution in [0.1, 0.15) is 18.9 Å². The Bertz CT molecular complexity index is 539. The van der Waals surface area contributed by atoms with Crippen LogP contribution in [-0.4, -0.2) is 17.6 Å². The highest BCUT2D eigenvalue weighted by Crippen LogP contribution is 2.31. The molecule has 2 aromatic rings. The van der Waals surface area contributed by atoms with E-state index in [4.69, 9.17) is 4.74 Å². The summed E-state index contributed by atoms with van der Waals surface area (Å²) in [6, 6.07) is 8.21. The Labute approximate surface area is 101 Å². The second kappa shape index (κ2) is 4.34. The van der Waals surface area contributed by atoms with Gasteiger partial charge in [0.25, 0.3) is 0 Å². The highest BCUT2D eigenvalue weighted by atomic mass is 16.5. The van der Waals surface area contributed by atoms with Gasteiger partial charge < -0.3 is 10.1 Å². The summed E-state index contributed by atoms with van der Waals surface area (Å²) < 4.78 is 6.12. The fourth-order valence-electron chi connectivity index (χ4n) is 2.25. The molecule has 0 radical (unpaired) electrons. The van der Waals surface area contributed by atoms with Gasteiger partial charge >= 0.3 is 0 Å². The Kier molecular flexibility index (Phi) is 2.69. The van der Waals surface area contributed by atoms with Crippen LogP contribution in [0, 0.1) is 0 Å². The summed E-state index contributed by atoms with van der Waals surface area (Å²) in [5.74, 6) is 1.01. The summed E-state index contributed by atoms with van der Waals surface area (Å²) in [5, 5.41) is 4.54. The predicted octanol–water partition coefficient (Wildman–Crippen LogP) is 2.50. The lowest BCUT2D eigenvalue weighted by atomic mass is 10.1. The quantitative estimate of drug-likeness (QED) is 0.814. The van der Waals surface area contributed by atoms with Crippen molar-refractivity contribution in [3.63, 3.8) is 0 Å². The van der Waals surface area contributed by atoms with Crippen LogP contribution in [0.5, 0.6) is 5.75 Å². The zero-order chi connectivity index (χ0) is 11.7. The van der Waals surface area contributed by atoms with Crippen LogP contribution in [-0.2, 0) is 6.54 Å². The van der Waals surface area contributed by atoms with Crippen LogP contribution in [0.3, 0.4) is 0 Å². The third-order valence-electron chi connectivity index (χ3n) is 3.24. The molecule has 0 unspecified atom stereocenters. The molecule has 88 valence electrons. The van der Waals surface area contributed by atoms with Crippen molar-refractivity contribution in [2.45, 2.75) is 26.0 Å². The summed E-state index contributed by atoms with van der Waals surface area (Å²) in [6.07, 6.45) is 3.09. The van der Waals surface area contributed by atoms with Gasteiger partial charge in [0.05, 0.1) is 5.52 Å². The SMILES string of the molecule is CC[C@@H]1CNCc2ccc3ncccc3c2O1. The molecule has 0 saturated carbocycles. The molecule has 2 heterocycles. The molecule has 17 heavy (non-hydrogen) atoms. The minimum atomic E-state index is 0.252. The maximum Gasteiger partial charge on any atom is 0.133 e. The number of hydrogen-bond donors (Lipinski definition) is 1. The second-order valence-corrected chi connectivity index (χ2v) is 4.40. The third kappa shape index (κ3) is 1.87. The van der Waals surface area contributed by atoms with E-state index in [0.29, 0.717) is 0 Å². The topological polar surface area (TPSA) is 34.2 Å². The van der Waals surface area contributed by atoms with Crippen LogP contribution in [0.15, 0.2) is 30.5 Å². The molecular weight excluding hydrogens is 212 g/mol. The average Bonchev–Trinajstić information content (AvgIpc) is 2.60. The maximum absolute atomic E-state index is 6.12. The number of nitrogens with one attached hydrogen (secondary N) is 1. The van der Waals surface area contributed by atoms with Gasteiger partial charge in [0.15, 0.2) is 0 Å². The van der Waals surface area contributed by atoms with Gasteiger partial charge in [-0.05, 0) is 24.6 Å². The molecule has 0 spiro atoms. The summed E-state index contributed by atoms with van der Waals surface area (Å²) in [4.78, 5) is 4.37. The van der Waals surface area contributed by atoms with E-state index in [-0.39, 0.29) is 6.10 Å². The van der Waals surface area contributed by atoms with Crippen molar-refractivity contribution in [1.82, 2.24) is 10.3 Å². The first-order chi connectivity index (χ1) is 8.38. The lowest BCUT2D eigenvalue weighted by Crippen LogP contribution is -2.27. The molecule has 0 saturated heterocycles. The van der Waals surface area contributed by atoms with Gasteiger partial charge in [-0.25, -0.2) is 0 Å². The lowest BCUT2D eigenvalue weighted by Gasteiger charge is -2.16. The smallest absolute Gasteiger partial charge is 0.133 e. The van der Waals surface area contributed by atoms with E-state index in [0.717, 1.165) is 36.2 Å². The minimum absolute atomic E-state index is 0.252. The monoisotopic (exact) mass is 228 g/mol. The lowest BCUT2D eigenvalue weighted by molar-refractivity contribution is 0.204. The summed E-state index contributed by atoms with van der Waals surface area (Å²) in [5.41, 5.74) is 2.23.